The number of halogens is 1. The standard InChI is InChI=1S/C26H23ClN4O2/c1-29-24-10-13-30(17-20(24)15-22(26(29)33)21-8-2-3-9-23(21)27)25(32)19-7-4-6-18(14-19)16-31-12-5-11-28-31/h2-9,11-12,14-15H,10,13,16-17H2,1H3. The van der Waals surface area contributed by atoms with E-state index in [1.165, 1.54) is 0 Å². The Balaban J connectivity index is 1.44. The molecule has 0 bridgehead atoms. The van der Waals surface area contributed by atoms with Crippen molar-refractivity contribution in [3.05, 3.63) is 111 Å². The fraction of sp³-hybridized carbons (Fsp3) is 0.192. The van der Waals surface area contributed by atoms with E-state index in [1.807, 2.05) is 70.4 Å². The van der Waals surface area contributed by atoms with Gasteiger partial charge in [-0.3, -0.25) is 14.3 Å². The lowest BCUT2D eigenvalue weighted by Gasteiger charge is -2.30. The van der Waals surface area contributed by atoms with Crippen LogP contribution in [0.25, 0.3) is 11.1 Å². The minimum Gasteiger partial charge on any atom is -0.334 e. The van der Waals surface area contributed by atoms with Gasteiger partial charge in [-0.25, -0.2) is 0 Å². The van der Waals surface area contributed by atoms with Gasteiger partial charge >= 0.3 is 0 Å². The van der Waals surface area contributed by atoms with Crippen molar-refractivity contribution in [3.63, 3.8) is 0 Å². The molecule has 1 amide bonds. The molecular weight excluding hydrogens is 436 g/mol. The Morgan fingerprint density at radius 3 is 2.70 bits per heavy atom. The van der Waals surface area contributed by atoms with E-state index < -0.39 is 0 Å². The van der Waals surface area contributed by atoms with Gasteiger partial charge in [0.1, 0.15) is 0 Å². The van der Waals surface area contributed by atoms with Crippen molar-refractivity contribution in [3.8, 4) is 11.1 Å². The maximum absolute atomic E-state index is 13.3. The minimum atomic E-state index is -0.0760. The molecule has 0 radical (unpaired) electrons. The molecule has 0 spiro atoms. The number of pyridine rings is 1. The molecule has 6 nitrogen and oxygen atoms in total. The van der Waals surface area contributed by atoms with Crippen LogP contribution in [0.1, 0.15) is 27.2 Å². The van der Waals surface area contributed by atoms with E-state index in [9.17, 15) is 9.59 Å². The number of aromatic nitrogens is 3. The summed E-state index contributed by atoms with van der Waals surface area (Å²) in [5.41, 5.74) is 4.79. The molecule has 0 atom stereocenters. The van der Waals surface area contributed by atoms with Crippen LogP contribution in [0.3, 0.4) is 0 Å². The lowest BCUT2D eigenvalue weighted by molar-refractivity contribution is 0.0732. The molecule has 4 aromatic rings. The molecule has 7 heteroatoms. The topological polar surface area (TPSA) is 60.1 Å². The summed E-state index contributed by atoms with van der Waals surface area (Å²) in [6.07, 6.45) is 4.27. The number of carbonyl (C=O) groups excluding carboxylic acids is 1. The van der Waals surface area contributed by atoms with Gasteiger partial charge in [0.15, 0.2) is 0 Å². The van der Waals surface area contributed by atoms with Crippen LogP contribution in [0.5, 0.6) is 0 Å². The van der Waals surface area contributed by atoms with E-state index in [0.29, 0.717) is 47.8 Å². The van der Waals surface area contributed by atoms with Gasteiger partial charge in [-0.05, 0) is 41.5 Å². The first-order valence-corrected chi connectivity index (χ1v) is 11.2. The predicted molar refractivity (Wildman–Crippen MR) is 128 cm³/mol. The summed E-state index contributed by atoms with van der Waals surface area (Å²) in [6, 6.07) is 18.8. The van der Waals surface area contributed by atoms with Gasteiger partial charge in [0.2, 0.25) is 0 Å². The van der Waals surface area contributed by atoms with Crippen LogP contribution >= 0.6 is 11.6 Å². The second-order valence-electron chi connectivity index (χ2n) is 8.25. The molecule has 5 rings (SSSR count). The normalized spacial score (nSPS) is 13.1. The van der Waals surface area contributed by atoms with Crippen molar-refractivity contribution in [1.29, 1.82) is 0 Å². The van der Waals surface area contributed by atoms with Gasteiger partial charge in [0.05, 0.1) is 6.54 Å². The SMILES string of the molecule is Cn1c2c(cc(-c3ccccc3Cl)c1=O)CN(C(=O)c1cccc(Cn3cccn3)c1)CC2. The van der Waals surface area contributed by atoms with Crippen LogP contribution in [-0.2, 0) is 26.6 Å². The van der Waals surface area contributed by atoms with Crippen LogP contribution in [0, 0.1) is 0 Å². The first kappa shape index (κ1) is 21.2. The highest BCUT2D eigenvalue weighted by Gasteiger charge is 2.25. The molecule has 0 aliphatic carbocycles. The second-order valence-corrected chi connectivity index (χ2v) is 8.66. The number of fused-ring (bicyclic) bond motifs is 1. The summed E-state index contributed by atoms with van der Waals surface area (Å²) in [5, 5.41) is 4.77. The molecule has 2 aromatic heterocycles. The summed E-state index contributed by atoms with van der Waals surface area (Å²) in [6.45, 7) is 1.62. The molecule has 33 heavy (non-hydrogen) atoms. The highest BCUT2D eigenvalue weighted by molar-refractivity contribution is 6.33. The van der Waals surface area contributed by atoms with E-state index in [0.717, 1.165) is 16.8 Å². The number of nitrogens with zero attached hydrogens (tertiary/aromatic N) is 4. The Labute approximate surface area is 196 Å². The monoisotopic (exact) mass is 458 g/mol. The van der Waals surface area contributed by atoms with Crippen LogP contribution in [0.2, 0.25) is 5.02 Å². The van der Waals surface area contributed by atoms with E-state index in [4.69, 9.17) is 11.6 Å². The molecule has 0 saturated carbocycles. The zero-order chi connectivity index (χ0) is 22.9. The van der Waals surface area contributed by atoms with Crippen molar-refractivity contribution in [2.24, 2.45) is 7.05 Å². The Bertz CT molecular complexity index is 1390. The molecule has 0 saturated heterocycles. The zero-order valence-corrected chi connectivity index (χ0v) is 19.0. The Morgan fingerprint density at radius 2 is 1.91 bits per heavy atom. The predicted octanol–water partition coefficient (Wildman–Crippen LogP) is 4.15. The third-order valence-electron chi connectivity index (χ3n) is 6.14. The number of benzene rings is 2. The van der Waals surface area contributed by atoms with Crippen molar-refractivity contribution >= 4 is 17.5 Å². The average molecular weight is 459 g/mol. The third-order valence-corrected chi connectivity index (χ3v) is 6.47. The number of hydrogen-bond acceptors (Lipinski definition) is 3. The highest BCUT2D eigenvalue weighted by atomic mass is 35.5. The molecule has 2 aromatic carbocycles. The Hall–Kier alpha value is -3.64. The molecule has 0 fully saturated rings. The summed E-state index contributed by atoms with van der Waals surface area (Å²) in [5.74, 6) is -0.0175. The van der Waals surface area contributed by atoms with E-state index in [-0.39, 0.29) is 11.5 Å². The van der Waals surface area contributed by atoms with Gasteiger partial charge < -0.3 is 9.47 Å². The molecule has 1 aliphatic heterocycles. The summed E-state index contributed by atoms with van der Waals surface area (Å²) in [7, 11) is 1.79. The average Bonchev–Trinajstić information content (AvgIpc) is 3.34. The molecule has 1 aliphatic rings. The van der Waals surface area contributed by atoms with Crippen molar-refractivity contribution < 1.29 is 4.79 Å². The van der Waals surface area contributed by atoms with E-state index in [1.54, 1.807) is 23.9 Å². The molecule has 3 heterocycles. The molecule has 166 valence electrons. The lowest BCUT2D eigenvalue weighted by atomic mass is 9.98. The highest BCUT2D eigenvalue weighted by Crippen LogP contribution is 2.28. The quantitative estimate of drug-likeness (QED) is 0.461. The van der Waals surface area contributed by atoms with Gasteiger partial charge in [-0.15, -0.1) is 0 Å². The van der Waals surface area contributed by atoms with Gasteiger partial charge in [-0.2, -0.15) is 5.10 Å². The molecular formula is C26H23ClN4O2. The molecule has 0 N–H and O–H groups in total. The van der Waals surface area contributed by atoms with Crippen molar-refractivity contribution in [2.45, 2.75) is 19.5 Å². The lowest BCUT2D eigenvalue weighted by Crippen LogP contribution is -2.39. The van der Waals surface area contributed by atoms with Crippen molar-refractivity contribution in [1.82, 2.24) is 19.2 Å². The number of rotatable bonds is 4. The summed E-state index contributed by atoms with van der Waals surface area (Å²) < 4.78 is 3.53. The second kappa shape index (κ2) is 8.71. The van der Waals surface area contributed by atoms with E-state index in [2.05, 4.69) is 5.10 Å². The third kappa shape index (κ3) is 4.10. The Morgan fingerprint density at radius 1 is 1.06 bits per heavy atom. The summed E-state index contributed by atoms with van der Waals surface area (Å²) >= 11 is 6.37. The van der Waals surface area contributed by atoms with Crippen LogP contribution < -0.4 is 5.56 Å². The van der Waals surface area contributed by atoms with Crippen LogP contribution in [0.15, 0.2) is 77.9 Å². The first-order valence-electron chi connectivity index (χ1n) is 10.8. The smallest absolute Gasteiger partial charge is 0.258 e. The van der Waals surface area contributed by atoms with Crippen LogP contribution in [-0.4, -0.2) is 31.7 Å². The maximum Gasteiger partial charge on any atom is 0.258 e. The van der Waals surface area contributed by atoms with Gasteiger partial charge in [-0.1, -0.05) is 41.9 Å². The van der Waals surface area contributed by atoms with E-state index >= 15 is 0 Å². The Kier molecular flexibility index (Phi) is 5.60. The summed E-state index contributed by atoms with van der Waals surface area (Å²) in [4.78, 5) is 28.2. The number of carbonyl (C=O) groups is 1. The van der Waals surface area contributed by atoms with Gasteiger partial charge in [0, 0.05) is 66.4 Å². The van der Waals surface area contributed by atoms with Gasteiger partial charge in [0.25, 0.3) is 11.5 Å². The fourth-order valence-electron chi connectivity index (χ4n) is 4.44. The number of amides is 1. The first-order chi connectivity index (χ1) is 16.0. The molecule has 0 unspecified atom stereocenters. The maximum atomic E-state index is 13.3. The van der Waals surface area contributed by atoms with Crippen molar-refractivity contribution in [2.75, 3.05) is 6.54 Å². The zero-order valence-electron chi connectivity index (χ0n) is 18.2. The largest absolute Gasteiger partial charge is 0.334 e. The van der Waals surface area contributed by atoms with Crippen LogP contribution in [0.4, 0.5) is 0 Å². The minimum absolute atomic E-state index is 0.0175. The fourth-order valence-corrected chi connectivity index (χ4v) is 4.68. The number of hydrogen-bond donors (Lipinski definition) is 0.